The normalized spacial score (nSPS) is 13.4. The minimum absolute atomic E-state index is 0.192. The molecule has 114 valence electrons. The second kappa shape index (κ2) is 5.98. The van der Waals surface area contributed by atoms with Crippen molar-refractivity contribution in [2.45, 2.75) is 53.6 Å². The van der Waals surface area contributed by atoms with Crippen LogP contribution in [-0.2, 0) is 12.8 Å². The van der Waals surface area contributed by atoms with Crippen molar-refractivity contribution in [1.29, 1.82) is 0 Å². The highest BCUT2D eigenvalue weighted by atomic mass is 16.5. The highest BCUT2D eigenvalue weighted by Gasteiger charge is 2.24. The molecule has 0 radical (unpaired) electrons. The highest BCUT2D eigenvalue weighted by Crippen LogP contribution is 2.22. The maximum atomic E-state index is 10.1. The molecule has 21 heavy (non-hydrogen) atoms. The molecule has 0 saturated heterocycles. The summed E-state index contributed by atoms with van der Waals surface area (Å²) in [5, 5.41) is 14.1. The fourth-order valence-electron chi connectivity index (χ4n) is 2.27. The number of rotatable bonds is 4. The van der Waals surface area contributed by atoms with Gasteiger partial charge in [-0.1, -0.05) is 55.3 Å². The van der Waals surface area contributed by atoms with Crippen molar-refractivity contribution in [1.82, 2.24) is 10.1 Å². The van der Waals surface area contributed by atoms with Gasteiger partial charge in [-0.2, -0.15) is 4.98 Å². The van der Waals surface area contributed by atoms with Crippen molar-refractivity contribution >= 4 is 0 Å². The van der Waals surface area contributed by atoms with E-state index in [2.05, 4.69) is 42.2 Å². The van der Waals surface area contributed by atoms with Gasteiger partial charge in [0, 0.05) is 6.42 Å². The molecule has 0 fully saturated rings. The summed E-state index contributed by atoms with van der Waals surface area (Å²) in [5.74, 6) is 1.16. The van der Waals surface area contributed by atoms with Crippen LogP contribution in [0.5, 0.6) is 0 Å². The summed E-state index contributed by atoms with van der Waals surface area (Å²) < 4.78 is 5.24. The first-order chi connectivity index (χ1) is 9.74. The van der Waals surface area contributed by atoms with Crippen molar-refractivity contribution in [3.05, 3.63) is 46.6 Å². The number of aromatic nitrogens is 2. The molecule has 0 bridgehead atoms. The van der Waals surface area contributed by atoms with Gasteiger partial charge in [0.2, 0.25) is 5.89 Å². The van der Waals surface area contributed by atoms with Crippen molar-refractivity contribution < 1.29 is 9.63 Å². The van der Waals surface area contributed by atoms with E-state index < -0.39 is 6.10 Å². The van der Waals surface area contributed by atoms with Gasteiger partial charge in [0.25, 0.3) is 0 Å². The Balaban J connectivity index is 2.06. The molecule has 1 heterocycles. The Kier molecular flexibility index (Phi) is 4.47. The lowest BCUT2D eigenvalue weighted by Crippen LogP contribution is -2.28. The second-order valence-electron chi connectivity index (χ2n) is 6.86. The minimum Gasteiger partial charge on any atom is -0.392 e. The second-order valence-corrected chi connectivity index (χ2v) is 6.86. The lowest BCUT2D eigenvalue weighted by Gasteiger charge is -2.24. The molecule has 1 atom stereocenters. The monoisotopic (exact) mass is 288 g/mol. The zero-order valence-corrected chi connectivity index (χ0v) is 13.5. The first-order valence-electron chi connectivity index (χ1n) is 7.31. The molecule has 0 aliphatic heterocycles. The van der Waals surface area contributed by atoms with Gasteiger partial charge in [0.15, 0.2) is 5.82 Å². The number of aryl methyl sites for hydroxylation is 2. The molecule has 0 saturated carbocycles. The molecule has 2 rings (SSSR count). The van der Waals surface area contributed by atoms with Crippen LogP contribution in [0.1, 0.15) is 49.2 Å². The number of hydrogen-bond donors (Lipinski definition) is 1. The maximum Gasteiger partial charge on any atom is 0.229 e. The summed E-state index contributed by atoms with van der Waals surface area (Å²) in [6.45, 7) is 10.1. The van der Waals surface area contributed by atoms with Gasteiger partial charge in [-0.3, -0.25) is 0 Å². The first-order valence-corrected chi connectivity index (χ1v) is 7.31. The summed E-state index contributed by atoms with van der Waals surface area (Å²) in [5.41, 5.74) is 3.45. The van der Waals surface area contributed by atoms with Gasteiger partial charge in [-0.15, -0.1) is 0 Å². The summed E-state index contributed by atoms with van der Waals surface area (Å²) in [7, 11) is 0. The van der Waals surface area contributed by atoms with E-state index in [0.29, 0.717) is 24.6 Å². The van der Waals surface area contributed by atoms with Crippen molar-refractivity contribution in [3.8, 4) is 0 Å². The van der Waals surface area contributed by atoms with Gasteiger partial charge in [-0.25, -0.2) is 0 Å². The van der Waals surface area contributed by atoms with Crippen LogP contribution in [0.4, 0.5) is 0 Å². The van der Waals surface area contributed by atoms with Crippen LogP contribution in [0.2, 0.25) is 0 Å². The molecule has 1 aromatic heterocycles. The molecule has 4 heteroatoms. The molecule has 0 spiro atoms. The summed E-state index contributed by atoms with van der Waals surface area (Å²) in [6.07, 6.45) is 0.549. The summed E-state index contributed by atoms with van der Waals surface area (Å²) in [4.78, 5) is 4.38. The Bertz CT molecular complexity index is 591. The summed E-state index contributed by atoms with van der Waals surface area (Å²) >= 11 is 0. The molecule has 2 aromatic rings. The average molecular weight is 288 g/mol. The van der Waals surface area contributed by atoms with Crippen molar-refractivity contribution in [3.63, 3.8) is 0 Å². The number of benzene rings is 1. The van der Waals surface area contributed by atoms with Crippen LogP contribution in [0.15, 0.2) is 22.7 Å². The lowest BCUT2D eigenvalue weighted by atomic mass is 9.87. The third-order valence-electron chi connectivity index (χ3n) is 3.52. The minimum atomic E-state index is -0.494. The Labute approximate surface area is 126 Å². The highest BCUT2D eigenvalue weighted by molar-refractivity contribution is 5.30. The predicted molar refractivity (Wildman–Crippen MR) is 82.2 cm³/mol. The standard InChI is InChI=1S/C17H24N2O2/c1-11-6-12(2)8-13(7-11)9-15-18-16(21-19-15)10-14(20)17(3,4)5/h6-8,14,20H,9-10H2,1-5H3. The first kappa shape index (κ1) is 15.7. The van der Waals surface area contributed by atoms with E-state index in [-0.39, 0.29) is 5.41 Å². The van der Waals surface area contributed by atoms with E-state index in [0.717, 1.165) is 0 Å². The summed E-state index contributed by atoms with van der Waals surface area (Å²) in [6, 6.07) is 6.41. The van der Waals surface area contributed by atoms with Crippen LogP contribution in [0, 0.1) is 19.3 Å². The molecular weight excluding hydrogens is 264 g/mol. The Hall–Kier alpha value is -1.68. The number of hydrogen-bond acceptors (Lipinski definition) is 4. The molecule has 1 aromatic carbocycles. The SMILES string of the molecule is Cc1cc(C)cc(Cc2noc(CC(O)C(C)(C)C)n2)c1. The average Bonchev–Trinajstić information content (AvgIpc) is 2.73. The van der Waals surface area contributed by atoms with E-state index in [9.17, 15) is 5.11 Å². The van der Waals surface area contributed by atoms with Crippen molar-refractivity contribution in [2.75, 3.05) is 0 Å². The van der Waals surface area contributed by atoms with Crippen LogP contribution < -0.4 is 0 Å². The smallest absolute Gasteiger partial charge is 0.229 e. The third-order valence-corrected chi connectivity index (χ3v) is 3.52. The van der Waals surface area contributed by atoms with Crippen molar-refractivity contribution in [2.24, 2.45) is 5.41 Å². The zero-order chi connectivity index (χ0) is 15.6. The Morgan fingerprint density at radius 2 is 1.76 bits per heavy atom. The van der Waals surface area contributed by atoms with E-state index in [1.807, 2.05) is 20.8 Å². The molecule has 0 aliphatic carbocycles. The van der Waals surface area contributed by atoms with Crippen LogP contribution >= 0.6 is 0 Å². The van der Waals surface area contributed by atoms with Crippen LogP contribution in [-0.4, -0.2) is 21.4 Å². The van der Waals surface area contributed by atoms with E-state index in [4.69, 9.17) is 4.52 Å². The van der Waals surface area contributed by atoms with Gasteiger partial charge >= 0.3 is 0 Å². The predicted octanol–water partition coefficient (Wildman–Crippen LogP) is 3.23. The number of nitrogens with zero attached hydrogens (tertiary/aromatic N) is 2. The number of aliphatic hydroxyl groups is 1. The quantitative estimate of drug-likeness (QED) is 0.938. The van der Waals surface area contributed by atoms with Gasteiger partial charge in [-0.05, 0) is 24.8 Å². The van der Waals surface area contributed by atoms with E-state index >= 15 is 0 Å². The largest absolute Gasteiger partial charge is 0.392 e. The van der Waals surface area contributed by atoms with Gasteiger partial charge < -0.3 is 9.63 Å². The number of aliphatic hydroxyl groups excluding tert-OH is 1. The third kappa shape index (κ3) is 4.39. The molecular formula is C17H24N2O2. The maximum absolute atomic E-state index is 10.1. The zero-order valence-electron chi connectivity index (χ0n) is 13.5. The molecule has 1 N–H and O–H groups in total. The van der Waals surface area contributed by atoms with Gasteiger partial charge in [0.05, 0.1) is 12.5 Å². The topological polar surface area (TPSA) is 59.2 Å². The van der Waals surface area contributed by atoms with E-state index in [1.54, 1.807) is 0 Å². The van der Waals surface area contributed by atoms with E-state index in [1.165, 1.54) is 16.7 Å². The van der Waals surface area contributed by atoms with Gasteiger partial charge in [0.1, 0.15) is 0 Å². The molecule has 0 amide bonds. The van der Waals surface area contributed by atoms with Crippen LogP contribution in [0.3, 0.4) is 0 Å². The lowest BCUT2D eigenvalue weighted by molar-refractivity contribution is 0.0565. The molecule has 4 nitrogen and oxygen atoms in total. The fraction of sp³-hybridized carbons (Fsp3) is 0.529. The fourth-order valence-corrected chi connectivity index (χ4v) is 2.27. The van der Waals surface area contributed by atoms with Crippen LogP contribution in [0.25, 0.3) is 0 Å². The Morgan fingerprint density at radius 3 is 2.33 bits per heavy atom. The molecule has 0 aliphatic rings. The molecule has 1 unspecified atom stereocenters. The Morgan fingerprint density at radius 1 is 1.14 bits per heavy atom.